The number of ether oxygens (including phenoxy) is 2. The zero-order chi connectivity index (χ0) is 28.4. The lowest BCUT2D eigenvalue weighted by molar-refractivity contribution is -0.149. The number of nitrogens with one attached hydrogen (secondary N) is 2. The second kappa shape index (κ2) is 11.1. The first-order valence-corrected chi connectivity index (χ1v) is 12.5. The Hall–Kier alpha value is -2.80. The second-order valence-electron chi connectivity index (χ2n) is 8.54. The quantitative estimate of drug-likeness (QED) is 0.251. The van der Waals surface area contributed by atoms with Crippen molar-refractivity contribution in [3.05, 3.63) is 63.4 Å². The molecular weight excluding hydrogens is 497 g/mol. The molecule has 3 rings (SSSR count). The number of esters is 1. The molecule has 1 fully saturated rings. The molecule has 1 aliphatic heterocycles. The number of aliphatic hydroxyl groups excluding tert-OH is 1. The normalized spacial score (nSPS) is 28.0. The topological polar surface area (TPSA) is 178 Å². The van der Waals surface area contributed by atoms with Crippen LogP contribution >= 0.6 is 7.75 Å². The van der Waals surface area contributed by atoms with Crippen molar-refractivity contribution in [1.82, 2.24) is 14.6 Å². The third kappa shape index (κ3) is 6.49. The first kappa shape index (κ1) is 24.9. The number of hydrogen-bond acceptors (Lipinski definition) is 10. The molecular formula is C22H30N3O10P. The Labute approximate surface area is 209 Å². The highest BCUT2D eigenvalue weighted by molar-refractivity contribution is 7.52. The maximum Gasteiger partial charge on any atom is 0.459 e. The molecule has 13 nitrogen and oxygen atoms in total. The number of para-hydroxylation sites is 1. The average Bonchev–Trinajstić information content (AvgIpc) is 3.05. The molecule has 198 valence electrons. The van der Waals surface area contributed by atoms with Crippen LogP contribution in [0.4, 0.5) is 0 Å². The summed E-state index contributed by atoms with van der Waals surface area (Å²) in [6.45, 7) is 3.71. The van der Waals surface area contributed by atoms with Gasteiger partial charge in [-0.25, -0.2) is 9.36 Å². The molecule has 1 aromatic carbocycles. The SMILES string of the molecule is [2H]c1cn(C2OC(C([2H])OP(=O)(N[C@@H](C)C(=O)OC(C)C)Oc3ccccc3)[C@@H](O)[C@@]2(C)O)c(=O)[nH]c1=O. The van der Waals surface area contributed by atoms with E-state index in [9.17, 15) is 29.2 Å². The van der Waals surface area contributed by atoms with Gasteiger partial charge < -0.3 is 24.2 Å². The molecule has 7 atom stereocenters. The Kier molecular flexibility index (Phi) is 7.65. The third-order valence-electron chi connectivity index (χ3n) is 5.10. The van der Waals surface area contributed by atoms with Crippen LogP contribution in [0.25, 0.3) is 0 Å². The van der Waals surface area contributed by atoms with Gasteiger partial charge in [0.2, 0.25) is 0 Å². The standard InChI is InChI=1S/C22H30N3O10P/c1-13(2)33-19(28)14(3)24-36(31,35-15-8-6-5-7-9-15)32-12-16-18(27)22(4,30)20(34-16)25-11-10-17(26)23-21(25)29/h5-11,13-14,16,18,20,27,30H,12H2,1-4H3,(H,24,31)(H,23,26,29)/t14-,16?,18+,20?,22+,36?/m0/s1/i10D,12D/t12?,14-,16?,18+,20?,22+,36?. The zero-order valence-corrected chi connectivity index (χ0v) is 20.9. The van der Waals surface area contributed by atoms with Crippen LogP contribution in [0.15, 0.2) is 52.2 Å². The summed E-state index contributed by atoms with van der Waals surface area (Å²) in [5.74, 6) is -0.703. The first-order valence-electron chi connectivity index (χ1n) is 12.0. The van der Waals surface area contributed by atoms with E-state index >= 15 is 0 Å². The summed E-state index contributed by atoms with van der Waals surface area (Å²) in [5, 5.41) is 24.1. The second-order valence-corrected chi connectivity index (χ2v) is 10.2. The molecule has 2 heterocycles. The zero-order valence-electron chi connectivity index (χ0n) is 22.0. The predicted octanol–water partition coefficient (Wildman–Crippen LogP) is 0.679. The number of H-pyrrole nitrogens is 1. The van der Waals surface area contributed by atoms with E-state index in [1.165, 1.54) is 19.1 Å². The maximum absolute atomic E-state index is 13.7. The van der Waals surface area contributed by atoms with E-state index in [4.69, 9.17) is 21.3 Å². The lowest BCUT2D eigenvalue weighted by Crippen LogP contribution is -2.47. The smallest absolute Gasteiger partial charge is 0.459 e. The van der Waals surface area contributed by atoms with E-state index in [2.05, 4.69) is 5.09 Å². The number of aliphatic hydroxyl groups is 2. The number of aromatic nitrogens is 2. The molecule has 1 aromatic heterocycles. The minimum atomic E-state index is -4.54. The van der Waals surface area contributed by atoms with Crippen molar-refractivity contribution in [1.29, 1.82) is 0 Å². The third-order valence-corrected chi connectivity index (χ3v) is 6.65. The van der Waals surface area contributed by atoms with Gasteiger partial charge in [-0.05, 0) is 39.8 Å². The fourth-order valence-electron chi connectivity index (χ4n) is 3.31. The highest BCUT2D eigenvalue weighted by Gasteiger charge is 2.54. The van der Waals surface area contributed by atoms with Gasteiger partial charge in [0, 0.05) is 12.2 Å². The van der Waals surface area contributed by atoms with Gasteiger partial charge in [-0.3, -0.25) is 23.7 Å². The van der Waals surface area contributed by atoms with Crippen LogP contribution < -0.4 is 20.9 Å². The minimum Gasteiger partial charge on any atom is -0.462 e. The van der Waals surface area contributed by atoms with Crippen molar-refractivity contribution in [2.24, 2.45) is 0 Å². The van der Waals surface area contributed by atoms with Crippen molar-refractivity contribution in [3.8, 4) is 5.75 Å². The molecule has 0 radical (unpaired) electrons. The Bertz CT molecular complexity index is 1300. The highest BCUT2D eigenvalue weighted by Crippen LogP contribution is 2.46. The van der Waals surface area contributed by atoms with Gasteiger partial charge in [0.15, 0.2) is 6.23 Å². The van der Waals surface area contributed by atoms with Crippen LogP contribution in [0.3, 0.4) is 0 Å². The van der Waals surface area contributed by atoms with E-state index in [1.807, 2.05) is 4.98 Å². The fourth-order valence-corrected chi connectivity index (χ4v) is 4.73. The first-order chi connectivity index (χ1) is 17.6. The Morgan fingerprint density at radius 3 is 2.67 bits per heavy atom. The fraction of sp³-hybridized carbons (Fsp3) is 0.500. The van der Waals surface area contributed by atoms with Crippen LogP contribution in [-0.4, -0.2) is 62.3 Å². The van der Waals surface area contributed by atoms with Crippen molar-refractivity contribution in [2.45, 2.75) is 63.9 Å². The van der Waals surface area contributed by atoms with Crippen LogP contribution in [0.5, 0.6) is 5.75 Å². The van der Waals surface area contributed by atoms with Crippen molar-refractivity contribution < 1.29 is 40.8 Å². The summed E-state index contributed by atoms with van der Waals surface area (Å²) in [6.07, 6.45) is -4.88. The number of aromatic amines is 1. The summed E-state index contributed by atoms with van der Waals surface area (Å²) >= 11 is 0. The highest BCUT2D eigenvalue weighted by atomic mass is 31.2. The lowest BCUT2D eigenvalue weighted by Gasteiger charge is -2.27. The summed E-state index contributed by atoms with van der Waals surface area (Å²) in [5.41, 5.74) is -4.23. The molecule has 2 aromatic rings. The van der Waals surface area contributed by atoms with E-state index in [-0.39, 0.29) is 5.75 Å². The molecule has 36 heavy (non-hydrogen) atoms. The molecule has 0 saturated carbocycles. The molecule has 0 aliphatic carbocycles. The largest absolute Gasteiger partial charge is 0.462 e. The van der Waals surface area contributed by atoms with Crippen LogP contribution in [0, 0.1) is 0 Å². The molecule has 14 heteroatoms. The number of rotatable bonds is 10. The van der Waals surface area contributed by atoms with Gasteiger partial charge in [-0.1, -0.05) is 18.2 Å². The van der Waals surface area contributed by atoms with Gasteiger partial charge >= 0.3 is 19.4 Å². The van der Waals surface area contributed by atoms with Crippen LogP contribution in [0.1, 0.15) is 36.7 Å². The summed E-state index contributed by atoms with van der Waals surface area (Å²) in [6, 6.07) is 5.93. The van der Waals surface area contributed by atoms with E-state index in [0.29, 0.717) is 4.57 Å². The summed E-state index contributed by atoms with van der Waals surface area (Å²) in [4.78, 5) is 38.1. The van der Waals surface area contributed by atoms with E-state index in [1.54, 1.807) is 32.0 Å². The van der Waals surface area contributed by atoms with E-state index in [0.717, 1.165) is 13.1 Å². The number of nitrogens with zero attached hydrogens (tertiary/aromatic N) is 1. The lowest BCUT2D eigenvalue weighted by atomic mass is 9.96. The Morgan fingerprint density at radius 1 is 1.36 bits per heavy atom. The van der Waals surface area contributed by atoms with Crippen molar-refractivity contribution in [2.75, 3.05) is 6.58 Å². The van der Waals surface area contributed by atoms with Crippen molar-refractivity contribution in [3.63, 3.8) is 0 Å². The minimum absolute atomic E-state index is 0.0699. The number of hydrogen-bond donors (Lipinski definition) is 4. The van der Waals surface area contributed by atoms with Crippen LogP contribution in [-0.2, 0) is 23.4 Å². The average molecular weight is 529 g/mol. The molecule has 1 aliphatic rings. The number of carbonyl (C=O) groups excluding carboxylic acids is 1. The van der Waals surface area contributed by atoms with Gasteiger partial charge in [0.1, 0.15) is 29.6 Å². The van der Waals surface area contributed by atoms with Gasteiger partial charge in [-0.15, -0.1) is 0 Å². The van der Waals surface area contributed by atoms with Crippen molar-refractivity contribution >= 4 is 13.7 Å². The molecule has 0 bridgehead atoms. The molecule has 4 N–H and O–H groups in total. The maximum atomic E-state index is 13.7. The summed E-state index contributed by atoms with van der Waals surface area (Å²) < 4.78 is 52.0. The predicted molar refractivity (Wildman–Crippen MR) is 126 cm³/mol. The monoisotopic (exact) mass is 529 g/mol. The molecule has 1 saturated heterocycles. The van der Waals surface area contributed by atoms with Crippen LogP contribution in [0.2, 0.25) is 0 Å². The molecule has 0 amide bonds. The number of benzene rings is 1. The van der Waals surface area contributed by atoms with Gasteiger partial charge in [0.05, 0.1) is 15.4 Å². The molecule has 0 spiro atoms. The Balaban J connectivity index is 1.88. The van der Waals surface area contributed by atoms with Gasteiger partial charge in [-0.2, -0.15) is 5.09 Å². The number of carbonyl (C=O) groups is 1. The molecule has 4 unspecified atom stereocenters. The Morgan fingerprint density at radius 2 is 2.03 bits per heavy atom. The van der Waals surface area contributed by atoms with E-state index < -0.39 is 73.8 Å². The summed E-state index contributed by atoms with van der Waals surface area (Å²) in [7, 11) is -4.54. The van der Waals surface area contributed by atoms with Gasteiger partial charge in [0.25, 0.3) is 5.56 Å².